The van der Waals surface area contributed by atoms with E-state index in [9.17, 15) is 9.59 Å². The predicted octanol–water partition coefficient (Wildman–Crippen LogP) is 2.84. The molecule has 0 saturated heterocycles. The first kappa shape index (κ1) is 18.1. The van der Waals surface area contributed by atoms with E-state index in [2.05, 4.69) is 9.98 Å². The maximum absolute atomic E-state index is 12.1. The highest BCUT2D eigenvalue weighted by Crippen LogP contribution is 2.24. The van der Waals surface area contributed by atoms with E-state index in [4.69, 9.17) is 4.74 Å². The second-order valence-electron chi connectivity index (χ2n) is 5.74. The molecule has 1 aromatic carbocycles. The Labute approximate surface area is 155 Å². The average Bonchev–Trinajstić information content (AvgIpc) is 3.02. The molecule has 1 amide bonds. The zero-order valence-corrected chi connectivity index (χ0v) is 15.5. The van der Waals surface area contributed by atoms with Crippen LogP contribution in [-0.2, 0) is 17.8 Å². The van der Waals surface area contributed by atoms with E-state index in [-0.39, 0.29) is 11.5 Å². The van der Waals surface area contributed by atoms with Crippen molar-refractivity contribution in [3.63, 3.8) is 0 Å². The van der Waals surface area contributed by atoms with Gasteiger partial charge in [0.2, 0.25) is 0 Å². The van der Waals surface area contributed by atoms with Gasteiger partial charge < -0.3 is 4.74 Å². The summed E-state index contributed by atoms with van der Waals surface area (Å²) in [6, 6.07) is 8.98. The van der Waals surface area contributed by atoms with Crippen LogP contribution in [0.1, 0.15) is 24.0 Å². The number of thioether (sulfide) groups is 1. The van der Waals surface area contributed by atoms with E-state index in [1.54, 1.807) is 10.6 Å². The van der Waals surface area contributed by atoms with Crippen molar-refractivity contribution in [1.29, 1.82) is 0 Å². The zero-order chi connectivity index (χ0) is 18.5. The van der Waals surface area contributed by atoms with Crippen molar-refractivity contribution < 1.29 is 9.53 Å². The van der Waals surface area contributed by atoms with Crippen molar-refractivity contribution in [1.82, 2.24) is 9.55 Å². The van der Waals surface area contributed by atoms with Crippen LogP contribution < -0.4 is 10.3 Å². The first-order chi connectivity index (χ1) is 12.6. The number of nitrogens with zero attached hydrogens (tertiary/aromatic N) is 3. The molecule has 134 valence electrons. The summed E-state index contributed by atoms with van der Waals surface area (Å²) >= 11 is 1.32. The molecular weight excluding hydrogens is 350 g/mol. The minimum atomic E-state index is -0.209. The van der Waals surface area contributed by atoms with Crippen LogP contribution in [-0.4, -0.2) is 27.6 Å². The van der Waals surface area contributed by atoms with Gasteiger partial charge in [-0.2, -0.15) is 0 Å². The maximum Gasteiger partial charge on any atom is 0.284 e. The molecule has 1 aromatic heterocycles. The summed E-state index contributed by atoms with van der Waals surface area (Å²) in [7, 11) is 0. The van der Waals surface area contributed by atoms with Gasteiger partial charge >= 0.3 is 0 Å². The number of aromatic nitrogens is 2. The molecule has 1 aliphatic rings. The molecule has 2 heterocycles. The van der Waals surface area contributed by atoms with E-state index < -0.39 is 0 Å². The highest BCUT2D eigenvalue weighted by Gasteiger charge is 2.13. The van der Waals surface area contributed by atoms with Gasteiger partial charge in [0.1, 0.15) is 18.2 Å². The molecule has 0 aliphatic carbocycles. The van der Waals surface area contributed by atoms with Crippen LogP contribution in [0.25, 0.3) is 6.08 Å². The molecule has 0 N–H and O–H groups in total. The number of hydrogen-bond donors (Lipinski definition) is 0. The number of benzene rings is 1. The highest BCUT2D eigenvalue weighted by atomic mass is 32.2. The molecular formula is C19H19N3O3S. The quantitative estimate of drug-likeness (QED) is 0.732. The molecule has 0 unspecified atom stereocenters. The average molecular weight is 369 g/mol. The van der Waals surface area contributed by atoms with Gasteiger partial charge in [-0.15, -0.1) is 0 Å². The standard InChI is InChI=1S/C19H19N3O3S/c1-3-17-21-13(2)10-18(23)22(17)8-9-25-15-6-4-14(5-7-15)11-16-19(24)20-12-26-16/h4-7,10-12H,3,8-9H2,1-2H3. The number of ether oxygens (including phenoxy) is 1. The predicted molar refractivity (Wildman–Crippen MR) is 104 cm³/mol. The van der Waals surface area contributed by atoms with E-state index in [1.807, 2.05) is 38.1 Å². The van der Waals surface area contributed by atoms with Crippen LogP contribution in [0.15, 0.2) is 45.0 Å². The van der Waals surface area contributed by atoms with Crippen LogP contribution in [0.2, 0.25) is 0 Å². The number of carbonyl (C=O) groups excluding carboxylic acids is 1. The number of aliphatic imine (C=N–C) groups is 1. The largest absolute Gasteiger partial charge is 0.492 e. The molecule has 26 heavy (non-hydrogen) atoms. The topological polar surface area (TPSA) is 73.6 Å². The Kier molecular flexibility index (Phi) is 5.68. The molecule has 0 bridgehead atoms. The Morgan fingerprint density at radius 3 is 2.65 bits per heavy atom. The summed E-state index contributed by atoms with van der Waals surface area (Å²) in [4.78, 5) is 32.3. The van der Waals surface area contributed by atoms with Crippen molar-refractivity contribution in [2.45, 2.75) is 26.8 Å². The zero-order valence-electron chi connectivity index (χ0n) is 14.6. The molecule has 0 atom stereocenters. The third kappa shape index (κ3) is 4.29. The van der Waals surface area contributed by atoms with Crippen LogP contribution in [0.4, 0.5) is 0 Å². The van der Waals surface area contributed by atoms with Gasteiger partial charge in [-0.05, 0) is 30.7 Å². The van der Waals surface area contributed by atoms with E-state index in [0.29, 0.717) is 30.2 Å². The third-order valence-electron chi connectivity index (χ3n) is 3.85. The summed E-state index contributed by atoms with van der Waals surface area (Å²) < 4.78 is 7.38. The Balaban J connectivity index is 1.61. The number of carbonyl (C=O) groups is 1. The van der Waals surface area contributed by atoms with Gasteiger partial charge in [0.05, 0.1) is 17.0 Å². The van der Waals surface area contributed by atoms with Crippen molar-refractivity contribution in [2.75, 3.05) is 6.61 Å². The first-order valence-electron chi connectivity index (χ1n) is 8.32. The molecule has 6 nitrogen and oxygen atoms in total. The minimum absolute atomic E-state index is 0.0547. The fourth-order valence-electron chi connectivity index (χ4n) is 2.60. The number of hydrogen-bond acceptors (Lipinski definition) is 5. The molecule has 2 aromatic rings. The van der Waals surface area contributed by atoms with E-state index in [1.165, 1.54) is 23.4 Å². The monoisotopic (exact) mass is 369 g/mol. The van der Waals surface area contributed by atoms with Crippen LogP contribution >= 0.6 is 11.8 Å². The SMILES string of the molecule is CCc1nc(C)cc(=O)n1CCOc1ccc(C=C2SC=NC2=O)cc1. The fourth-order valence-corrected chi connectivity index (χ4v) is 3.22. The normalized spacial score (nSPS) is 15.0. The fraction of sp³-hybridized carbons (Fsp3) is 0.263. The van der Waals surface area contributed by atoms with E-state index >= 15 is 0 Å². The second kappa shape index (κ2) is 8.14. The van der Waals surface area contributed by atoms with Crippen LogP contribution in [0.5, 0.6) is 5.75 Å². The molecule has 0 spiro atoms. The maximum atomic E-state index is 12.1. The molecule has 0 fully saturated rings. The molecule has 0 saturated carbocycles. The first-order valence-corrected chi connectivity index (χ1v) is 9.20. The number of amides is 1. The van der Waals surface area contributed by atoms with Gasteiger partial charge in [0.25, 0.3) is 11.5 Å². The van der Waals surface area contributed by atoms with E-state index in [0.717, 1.165) is 17.1 Å². The van der Waals surface area contributed by atoms with Gasteiger partial charge in [-0.3, -0.25) is 14.2 Å². The lowest BCUT2D eigenvalue weighted by Crippen LogP contribution is -2.27. The highest BCUT2D eigenvalue weighted by molar-refractivity contribution is 8.16. The van der Waals surface area contributed by atoms with Crippen LogP contribution in [0.3, 0.4) is 0 Å². The van der Waals surface area contributed by atoms with Crippen molar-refractivity contribution in [3.05, 3.63) is 62.7 Å². The smallest absolute Gasteiger partial charge is 0.284 e. The summed E-state index contributed by atoms with van der Waals surface area (Å²) in [5, 5.41) is 0. The molecule has 7 heteroatoms. The molecule has 0 radical (unpaired) electrons. The lowest BCUT2D eigenvalue weighted by Gasteiger charge is -2.12. The summed E-state index contributed by atoms with van der Waals surface area (Å²) in [6.07, 6.45) is 2.50. The molecule has 3 rings (SSSR count). The second-order valence-corrected chi connectivity index (χ2v) is 6.63. The number of aryl methyl sites for hydroxylation is 2. The van der Waals surface area contributed by atoms with Gasteiger partial charge in [-0.25, -0.2) is 9.98 Å². The summed E-state index contributed by atoms with van der Waals surface area (Å²) in [5.41, 5.74) is 3.13. The van der Waals surface area contributed by atoms with Crippen molar-refractivity contribution >= 4 is 29.3 Å². The van der Waals surface area contributed by atoms with Gasteiger partial charge in [0, 0.05) is 18.2 Å². The van der Waals surface area contributed by atoms with Crippen molar-refractivity contribution in [3.8, 4) is 5.75 Å². The summed E-state index contributed by atoms with van der Waals surface area (Å²) in [5.74, 6) is 1.26. The minimum Gasteiger partial charge on any atom is -0.492 e. The Hall–Kier alpha value is -2.67. The number of rotatable bonds is 6. The van der Waals surface area contributed by atoms with Gasteiger partial charge in [0.15, 0.2) is 0 Å². The van der Waals surface area contributed by atoms with Crippen LogP contribution in [0, 0.1) is 6.92 Å². The van der Waals surface area contributed by atoms with Gasteiger partial charge in [-0.1, -0.05) is 30.8 Å². The lowest BCUT2D eigenvalue weighted by atomic mass is 10.2. The summed E-state index contributed by atoms with van der Waals surface area (Å²) in [6.45, 7) is 4.62. The Morgan fingerprint density at radius 1 is 1.23 bits per heavy atom. The Morgan fingerprint density at radius 2 is 2.00 bits per heavy atom. The van der Waals surface area contributed by atoms with Crippen molar-refractivity contribution in [2.24, 2.45) is 4.99 Å². The Bertz CT molecular complexity index is 930. The lowest BCUT2D eigenvalue weighted by molar-refractivity contribution is -0.113. The molecule has 1 aliphatic heterocycles. The third-order valence-corrected chi connectivity index (χ3v) is 4.61.